The minimum Gasteiger partial charge on any atom is -0.368 e. The number of nitrogens with zero attached hydrogens (tertiary/aromatic N) is 1. The Morgan fingerprint density at radius 1 is 1.14 bits per heavy atom. The minimum atomic E-state index is -4.31. The summed E-state index contributed by atoms with van der Waals surface area (Å²) in [7, 11) is 0. The molecule has 1 unspecified atom stereocenters. The Morgan fingerprint density at radius 3 is 2.29 bits per heavy atom. The van der Waals surface area contributed by atoms with Gasteiger partial charge >= 0.3 is 6.18 Å². The molecule has 2 rings (SSSR count). The molecular weight excluding hydrogens is 279 g/mol. The molecule has 21 heavy (non-hydrogen) atoms. The molecule has 3 nitrogen and oxygen atoms in total. The van der Waals surface area contributed by atoms with Crippen molar-refractivity contribution in [1.29, 1.82) is 0 Å². The monoisotopic (exact) mass is 299 g/mol. The average Bonchev–Trinajstić information content (AvgIpc) is 2.37. The van der Waals surface area contributed by atoms with Gasteiger partial charge in [-0.3, -0.25) is 4.99 Å². The SMILES string of the molecule is CC(C)(C)NC1=NCCNC1c1ccc(C(F)(F)F)cc1. The molecule has 0 bridgehead atoms. The maximum Gasteiger partial charge on any atom is 0.416 e. The molecule has 0 aromatic heterocycles. The van der Waals surface area contributed by atoms with E-state index in [0.717, 1.165) is 23.5 Å². The van der Waals surface area contributed by atoms with Crippen LogP contribution in [0.1, 0.15) is 37.9 Å². The van der Waals surface area contributed by atoms with Gasteiger partial charge in [0, 0.05) is 12.1 Å². The van der Waals surface area contributed by atoms with Crippen LogP contribution < -0.4 is 10.6 Å². The molecule has 0 spiro atoms. The minimum absolute atomic E-state index is 0.151. The Labute approximate surface area is 122 Å². The molecule has 2 N–H and O–H groups in total. The van der Waals surface area contributed by atoms with Crippen molar-refractivity contribution in [3.8, 4) is 0 Å². The van der Waals surface area contributed by atoms with E-state index in [0.29, 0.717) is 13.1 Å². The highest BCUT2D eigenvalue weighted by Gasteiger charge is 2.31. The van der Waals surface area contributed by atoms with Crippen molar-refractivity contribution >= 4 is 5.84 Å². The fourth-order valence-corrected chi connectivity index (χ4v) is 2.21. The predicted octanol–water partition coefficient (Wildman–Crippen LogP) is 3.14. The van der Waals surface area contributed by atoms with E-state index in [2.05, 4.69) is 15.6 Å². The van der Waals surface area contributed by atoms with Crippen LogP contribution in [0.15, 0.2) is 29.3 Å². The maximum atomic E-state index is 12.6. The molecule has 1 atom stereocenters. The first-order chi connectivity index (χ1) is 9.67. The number of halogens is 3. The van der Waals surface area contributed by atoms with Gasteiger partial charge in [0.05, 0.1) is 18.2 Å². The summed E-state index contributed by atoms with van der Waals surface area (Å²) in [5.41, 5.74) is -0.00955. The van der Waals surface area contributed by atoms with Crippen LogP contribution in [0.4, 0.5) is 13.2 Å². The van der Waals surface area contributed by atoms with Gasteiger partial charge in [-0.25, -0.2) is 0 Å². The molecule has 1 aromatic rings. The molecule has 1 aliphatic rings. The van der Waals surface area contributed by atoms with Crippen LogP contribution in [0, 0.1) is 0 Å². The van der Waals surface area contributed by atoms with Gasteiger partial charge in [-0.2, -0.15) is 13.2 Å². The Bertz CT molecular complexity index is 512. The van der Waals surface area contributed by atoms with Crippen molar-refractivity contribution in [2.75, 3.05) is 13.1 Å². The molecule has 0 saturated heterocycles. The van der Waals surface area contributed by atoms with Crippen molar-refractivity contribution in [2.45, 2.75) is 38.5 Å². The summed E-state index contributed by atoms with van der Waals surface area (Å²) in [5, 5.41) is 6.61. The van der Waals surface area contributed by atoms with E-state index < -0.39 is 11.7 Å². The number of hydrogen-bond donors (Lipinski definition) is 2. The standard InChI is InChI=1S/C15H20F3N3/c1-14(2,3)21-13-12(19-8-9-20-13)10-4-6-11(7-5-10)15(16,17)18/h4-7,12,19H,8-9H2,1-3H3,(H,20,21). The topological polar surface area (TPSA) is 36.4 Å². The molecule has 1 aliphatic heterocycles. The normalized spacial score (nSPS) is 20.1. The van der Waals surface area contributed by atoms with E-state index in [4.69, 9.17) is 0 Å². The Hall–Kier alpha value is -1.56. The summed E-state index contributed by atoms with van der Waals surface area (Å²) in [6.07, 6.45) is -4.31. The predicted molar refractivity (Wildman–Crippen MR) is 77.4 cm³/mol. The maximum absolute atomic E-state index is 12.6. The van der Waals surface area contributed by atoms with E-state index in [9.17, 15) is 13.2 Å². The van der Waals surface area contributed by atoms with Gasteiger partial charge in [-0.1, -0.05) is 12.1 Å². The summed E-state index contributed by atoms with van der Waals surface area (Å²) < 4.78 is 37.8. The van der Waals surface area contributed by atoms with E-state index >= 15 is 0 Å². The second kappa shape index (κ2) is 5.67. The van der Waals surface area contributed by atoms with Crippen LogP contribution in [0.2, 0.25) is 0 Å². The lowest BCUT2D eigenvalue weighted by molar-refractivity contribution is -0.137. The summed E-state index contributed by atoms with van der Waals surface area (Å²) in [6.45, 7) is 7.44. The molecule has 1 aromatic carbocycles. The van der Waals surface area contributed by atoms with E-state index in [1.807, 2.05) is 20.8 Å². The lowest BCUT2D eigenvalue weighted by Gasteiger charge is -2.31. The summed E-state index contributed by atoms with van der Waals surface area (Å²) in [4.78, 5) is 4.46. The van der Waals surface area contributed by atoms with Crippen molar-refractivity contribution in [3.05, 3.63) is 35.4 Å². The molecule has 0 amide bonds. The zero-order chi connectivity index (χ0) is 15.7. The van der Waals surface area contributed by atoms with Gasteiger partial charge in [0.2, 0.25) is 0 Å². The van der Waals surface area contributed by atoms with Crippen LogP contribution >= 0.6 is 0 Å². The third-order valence-corrected chi connectivity index (χ3v) is 3.09. The van der Waals surface area contributed by atoms with Crippen LogP contribution in [0.3, 0.4) is 0 Å². The lowest BCUT2D eigenvalue weighted by atomic mass is 10.0. The quantitative estimate of drug-likeness (QED) is 0.836. The molecule has 0 radical (unpaired) electrons. The van der Waals surface area contributed by atoms with E-state index in [1.54, 1.807) is 0 Å². The highest BCUT2D eigenvalue weighted by Crippen LogP contribution is 2.30. The lowest BCUT2D eigenvalue weighted by Crippen LogP contribution is -2.49. The Morgan fingerprint density at radius 2 is 1.76 bits per heavy atom. The van der Waals surface area contributed by atoms with Gasteiger partial charge in [0.15, 0.2) is 0 Å². The number of rotatable bonds is 1. The van der Waals surface area contributed by atoms with Gasteiger partial charge in [0.1, 0.15) is 5.84 Å². The zero-order valence-corrected chi connectivity index (χ0v) is 12.4. The highest BCUT2D eigenvalue weighted by atomic mass is 19.4. The molecule has 116 valence electrons. The highest BCUT2D eigenvalue weighted by molar-refractivity contribution is 5.89. The summed E-state index contributed by atoms with van der Waals surface area (Å²) in [6, 6.07) is 5.04. The Balaban J connectivity index is 2.23. The number of aliphatic imine (C=N–C) groups is 1. The van der Waals surface area contributed by atoms with Crippen molar-refractivity contribution in [1.82, 2.24) is 10.6 Å². The third-order valence-electron chi connectivity index (χ3n) is 3.09. The first-order valence-corrected chi connectivity index (χ1v) is 6.90. The number of benzene rings is 1. The van der Waals surface area contributed by atoms with Crippen molar-refractivity contribution < 1.29 is 13.2 Å². The first kappa shape index (κ1) is 15.8. The van der Waals surface area contributed by atoms with Crippen LogP contribution in [0.5, 0.6) is 0 Å². The number of amidine groups is 1. The Kier molecular flexibility index (Phi) is 4.27. The largest absolute Gasteiger partial charge is 0.416 e. The van der Waals surface area contributed by atoms with Crippen LogP contribution in [-0.4, -0.2) is 24.5 Å². The fraction of sp³-hybridized carbons (Fsp3) is 0.533. The van der Waals surface area contributed by atoms with E-state index in [1.165, 1.54) is 12.1 Å². The van der Waals surface area contributed by atoms with Gasteiger partial charge in [0.25, 0.3) is 0 Å². The molecule has 6 heteroatoms. The average molecular weight is 299 g/mol. The van der Waals surface area contributed by atoms with E-state index in [-0.39, 0.29) is 11.6 Å². The third kappa shape index (κ3) is 4.20. The number of nitrogens with one attached hydrogen (secondary N) is 2. The summed E-state index contributed by atoms with van der Waals surface area (Å²) in [5.74, 6) is 0.772. The van der Waals surface area contributed by atoms with Gasteiger partial charge in [-0.05, 0) is 38.5 Å². The molecule has 0 fully saturated rings. The number of hydrogen-bond acceptors (Lipinski definition) is 3. The van der Waals surface area contributed by atoms with Crippen molar-refractivity contribution in [3.63, 3.8) is 0 Å². The van der Waals surface area contributed by atoms with Gasteiger partial charge < -0.3 is 10.6 Å². The zero-order valence-electron chi connectivity index (χ0n) is 12.4. The van der Waals surface area contributed by atoms with Crippen LogP contribution in [0.25, 0.3) is 0 Å². The van der Waals surface area contributed by atoms with Gasteiger partial charge in [-0.15, -0.1) is 0 Å². The molecule has 1 heterocycles. The first-order valence-electron chi connectivity index (χ1n) is 6.90. The molecule has 0 saturated carbocycles. The summed E-state index contributed by atoms with van der Waals surface area (Å²) >= 11 is 0. The molecule has 0 aliphatic carbocycles. The second-order valence-corrected chi connectivity index (χ2v) is 6.15. The second-order valence-electron chi connectivity index (χ2n) is 6.15. The molecular formula is C15H20F3N3. The van der Waals surface area contributed by atoms with Crippen molar-refractivity contribution in [2.24, 2.45) is 4.99 Å². The smallest absolute Gasteiger partial charge is 0.368 e. The number of alkyl halides is 3. The van der Waals surface area contributed by atoms with Crippen LogP contribution in [-0.2, 0) is 6.18 Å². The fourth-order valence-electron chi connectivity index (χ4n) is 2.21.